The molecule has 0 radical (unpaired) electrons. The number of carbonyl (C=O) groups excluding carboxylic acids is 2. The van der Waals surface area contributed by atoms with E-state index in [0.717, 1.165) is 5.56 Å². The van der Waals surface area contributed by atoms with Gasteiger partial charge in [0.05, 0.1) is 12.8 Å². The predicted molar refractivity (Wildman–Crippen MR) is 108 cm³/mol. The van der Waals surface area contributed by atoms with Gasteiger partial charge in [-0.15, -0.1) is 0 Å². The van der Waals surface area contributed by atoms with Gasteiger partial charge in [-0.3, -0.25) is 9.59 Å². The van der Waals surface area contributed by atoms with Gasteiger partial charge in [0.15, 0.2) is 0 Å². The first-order chi connectivity index (χ1) is 13.5. The first kappa shape index (κ1) is 19.4. The fraction of sp³-hybridized carbons (Fsp3) is 0.217. The molecule has 0 unspecified atom stereocenters. The molecule has 0 saturated carbocycles. The maximum atomic E-state index is 13.1. The molecule has 0 aliphatic rings. The SMILES string of the molecule is CC(C)N(Cc1ccccc1)C(=O)c1cccc(C(=O)NCc2ccco2)c1. The molecule has 1 heterocycles. The molecule has 0 atom stereocenters. The molecule has 0 fully saturated rings. The molecule has 0 spiro atoms. The highest BCUT2D eigenvalue weighted by molar-refractivity contribution is 5.99. The summed E-state index contributed by atoms with van der Waals surface area (Å²) in [6.45, 7) is 4.80. The molecule has 2 amide bonds. The lowest BCUT2D eigenvalue weighted by atomic mass is 10.1. The Balaban J connectivity index is 1.73. The Morgan fingerprint density at radius 3 is 2.39 bits per heavy atom. The molecule has 0 bridgehead atoms. The largest absolute Gasteiger partial charge is 0.467 e. The van der Waals surface area contributed by atoms with Gasteiger partial charge in [-0.2, -0.15) is 0 Å². The molecule has 1 N–H and O–H groups in total. The lowest BCUT2D eigenvalue weighted by molar-refractivity contribution is 0.0690. The quantitative estimate of drug-likeness (QED) is 0.670. The number of carbonyl (C=O) groups is 2. The van der Waals surface area contributed by atoms with Gasteiger partial charge in [0.2, 0.25) is 0 Å². The molecule has 0 aliphatic carbocycles. The monoisotopic (exact) mass is 376 g/mol. The van der Waals surface area contributed by atoms with Gasteiger partial charge in [-0.1, -0.05) is 36.4 Å². The van der Waals surface area contributed by atoms with Crippen LogP contribution in [0.5, 0.6) is 0 Å². The van der Waals surface area contributed by atoms with E-state index in [-0.39, 0.29) is 17.9 Å². The summed E-state index contributed by atoms with van der Waals surface area (Å²) in [5.74, 6) is 0.333. The molecule has 5 heteroatoms. The van der Waals surface area contributed by atoms with Crippen LogP contribution in [0.2, 0.25) is 0 Å². The van der Waals surface area contributed by atoms with E-state index in [0.29, 0.717) is 30.0 Å². The average molecular weight is 376 g/mol. The van der Waals surface area contributed by atoms with Gasteiger partial charge in [-0.25, -0.2) is 0 Å². The van der Waals surface area contributed by atoms with Crippen molar-refractivity contribution in [3.8, 4) is 0 Å². The van der Waals surface area contributed by atoms with Crippen LogP contribution >= 0.6 is 0 Å². The van der Waals surface area contributed by atoms with Gasteiger partial charge in [0.25, 0.3) is 11.8 Å². The minimum absolute atomic E-state index is 0.0316. The first-order valence-electron chi connectivity index (χ1n) is 9.30. The van der Waals surface area contributed by atoms with Crippen LogP contribution < -0.4 is 5.32 Å². The van der Waals surface area contributed by atoms with Crippen molar-refractivity contribution < 1.29 is 14.0 Å². The third-order valence-corrected chi connectivity index (χ3v) is 4.45. The Kier molecular flexibility index (Phi) is 6.27. The van der Waals surface area contributed by atoms with Crippen LogP contribution in [-0.2, 0) is 13.1 Å². The molecule has 28 heavy (non-hydrogen) atoms. The predicted octanol–water partition coefficient (Wildman–Crippen LogP) is 4.26. The van der Waals surface area contributed by atoms with Crippen LogP contribution in [0.4, 0.5) is 0 Å². The second-order valence-corrected chi connectivity index (χ2v) is 6.86. The lowest BCUT2D eigenvalue weighted by Gasteiger charge is -2.27. The van der Waals surface area contributed by atoms with Crippen LogP contribution in [0.25, 0.3) is 0 Å². The van der Waals surface area contributed by atoms with E-state index in [4.69, 9.17) is 4.42 Å². The standard InChI is InChI=1S/C23H24N2O3/c1-17(2)25(16-18-8-4-3-5-9-18)23(27)20-11-6-10-19(14-20)22(26)24-15-21-12-7-13-28-21/h3-14,17H,15-16H2,1-2H3,(H,24,26). The van der Waals surface area contributed by atoms with E-state index in [1.165, 1.54) is 0 Å². The second-order valence-electron chi connectivity index (χ2n) is 6.86. The minimum atomic E-state index is -0.245. The number of hydrogen-bond acceptors (Lipinski definition) is 3. The third kappa shape index (κ3) is 4.88. The molecule has 3 rings (SSSR count). The van der Waals surface area contributed by atoms with E-state index in [1.807, 2.05) is 44.2 Å². The topological polar surface area (TPSA) is 62.6 Å². The molecule has 144 valence electrons. The maximum absolute atomic E-state index is 13.1. The Hall–Kier alpha value is -3.34. The number of hydrogen-bond donors (Lipinski definition) is 1. The molecule has 2 aromatic carbocycles. The van der Waals surface area contributed by atoms with Crippen molar-refractivity contribution in [3.05, 3.63) is 95.4 Å². The van der Waals surface area contributed by atoms with Crippen LogP contribution in [-0.4, -0.2) is 22.8 Å². The summed E-state index contributed by atoms with van der Waals surface area (Å²) >= 11 is 0. The van der Waals surface area contributed by atoms with E-state index in [1.54, 1.807) is 47.6 Å². The normalized spacial score (nSPS) is 10.7. The molecular formula is C23H24N2O3. The van der Waals surface area contributed by atoms with E-state index < -0.39 is 0 Å². The molecule has 1 aromatic heterocycles. The van der Waals surface area contributed by atoms with E-state index >= 15 is 0 Å². The highest BCUT2D eigenvalue weighted by atomic mass is 16.3. The summed E-state index contributed by atoms with van der Waals surface area (Å²) < 4.78 is 5.22. The van der Waals surface area contributed by atoms with Gasteiger partial charge in [-0.05, 0) is 49.7 Å². The Bertz CT molecular complexity index is 918. The number of amides is 2. The van der Waals surface area contributed by atoms with Crippen LogP contribution in [0, 0.1) is 0 Å². The average Bonchev–Trinajstić information content (AvgIpc) is 3.24. The maximum Gasteiger partial charge on any atom is 0.254 e. The Morgan fingerprint density at radius 2 is 1.71 bits per heavy atom. The van der Waals surface area contributed by atoms with Crippen molar-refractivity contribution >= 4 is 11.8 Å². The third-order valence-electron chi connectivity index (χ3n) is 4.45. The summed E-state index contributed by atoms with van der Waals surface area (Å²) in [5, 5.41) is 2.80. The van der Waals surface area contributed by atoms with Crippen LogP contribution in [0.3, 0.4) is 0 Å². The fourth-order valence-electron chi connectivity index (χ4n) is 2.91. The first-order valence-corrected chi connectivity index (χ1v) is 9.30. The fourth-order valence-corrected chi connectivity index (χ4v) is 2.91. The Labute approximate surface area is 165 Å². The molecule has 3 aromatic rings. The molecule has 5 nitrogen and oxygen atoms in total. The van der Waals surface area contributed by atoms with Crippen LogP contribution in [0.1, 0.15) is 45.9 Å². The number of nitrogens with zero attached hydrogens (tertiary/aromatic N) is 1. The summed E-state index contributed by atoms with van der Waals surface area (Å²) in [5.41, 5.74) is 2.01. The zero-order chi connectivity index (χ0) is 19.9. The summed E-state index contributed by atoms with van der Waals surface area (Å²) in [4.78, 5) is 27.3. The van der Waals surface area contributed by atoms with E-state index in [9.17, 15) is 9.59 Å². The van der Waals surface area contributed by atoms with Crippen molar-refractivity contribution in [2.24, 2.45) is 0 Å². The zero-order valence-corrected chi connectivity index (χ0v) is 16.1. The molecule has 0 aliphatic heterocycles. The smallest absolute Gasteiger partial charge is 0.254 e. The highest BCUT2D eigenvalue weighted by Crippen LogP contribution is 2.15. The summed E-state index contributed by atoms with van der Waals surface area (Å²) in [6, 6.07) is 20.3. The van der Waals surface area contributed by atoms with Crippen molar-refractivity contribution in [3.63, 3.8) is 0 Å². The van der Waals surface area contributed by atoms with Crippen molar-refractivity contribution in [2.45, 2.75) is 33.0 Å². The zero-order valence-electron chi connectivity index (χ0n) is 16.1. The number of benzene rings is 2. The highest BCUT2D eigenvalue weighted by Gasteiger charge is 2.20. The number of furan rings is 1. The van der Waals surface area contributed by atoms with Gasteiger partial charge < -0.3 is 14.6 Å². The second kappa shape index (κ2) is 9.04. The van der Waals surface area contributed by atoms with E-state index in [2.05, 4.69) is 5.32 Å². The lowest BCUT2D eigenvalue weighted by Crippen LogP contribution is -2.36. The summed E-state index contributed by atoms with van der Waals surface area (Å²) in [7, 11) is 0. The van der Waals surface area contributed by atoms with Gasteiger partial charge in [0.1, 0.15) is 5.76 Å². The minimum Gasteiger partial charge on any atom is -0.467 e. The molecule has 0 saturated heterocycles. The number of nitrogens with one attached hydrogen (secondary N) is 1. The van der Waals surface area contributed by atoms with Gasteiger partial charge in [0, 0.05) is 23.7 Å². The van der Waals surface area contributed by atoms with Crippen molar-refractivity contribution in [1.29, 1.82) is 0 Å². The van der Waals surface area contributed by atoms with Crippen LogP contribution in [0.15, 0.2) is 77.4 Å². The van der Waals surface area contributed by atoms with Crippen molar-refractivity contribution in [1.82, 2.24) is 10.2 Å². The number of rotatable bonds is 7. The summed E-state index contributed by atoms with van der Waals surface area (Å²) in [6.07, 6.45) is 1.56. The Morgan fingerprint density at radius 1 is 0.964 bits per heavy atom. The van der Waals surface area contributed by atoms with Crippen molar-refractivity contribution in [2.75, 3.05) is 0 Å². The van der Waals surface area contributed by atoms with Gasteiger partial charge >= 0.3 is 0 Å². The molecular weight excluding hydrogens is 352 g/mol.